The maximum absolute atomic E-state index is 12.1. The minimum atomic E-state index is -0.245. The Hall–Kier alpha value is -2.62. The zero-order chi connectivity index (χ0) is 16.8. The highest BCUT2D eigenvalue weighted by Crippen LogP contribution is 2.11. The molecule has 0 atom stereocenters. The van der Waals surface area contributed by atoms with Gasteiger partial charge in [-0.1, -0.05) is 25.1 Å². The monoisotopic (exact) mass is 310 g/mol. The van der Waals surface area contributed by atoms with Crippen LogP contribution in [0.25, 0.3) is 0 Å². The van der Waals surface area contributed by atoms with E-state index in [0.717, 1.165) is 28.8 Å². The van der Waals surface area contributed by atoms with Gasteiger partial charge >= 0.3 is 0 Å². The normalized spacial score (nSPS) is 10.2. The Balaban J connectivity index is 1.90. The lowest BCUT2D eigenvalue weighted by molar-refractivity contribution is -0.115. The maximum atomic E-state index is 12.1. The molecular formula is C19H22N2O2. The van der Waals surface area contributed by atoms with Crippen LogP contribution in [0.1, 0.15) is 34.0 Å². The summed E-state index contributed by atoms with van der Waals surface area (Å²) < 4.78 is 0. The van der Waals surface area contributed by atoms with E-state index in [1.807, 2.05) is 50.2 Å². The minimum absolute atomic E-state index is 0.0535. The highest BCUT2D eigenvalue weighted by atomic mass is 16.2. The first-order valence-electron chi connectivity index (χ1n) is 7.74. The van der Waals surface area contributed by atoms with Crippen LogP contribution in [0.15, 0.2) is 42.5 Å². The molecule has 2 rings (SSSR count). The van der Waals surface area contributed by atoms with Crippen LogP contribution in [0.4, 0.5) is 5.69 Å². The molecular weight excluding hydrogens is 288 g/mol. The van der Waals surface area contributed by atoms with E-state index in [0.29, 0.717) is 5.56 Å². The summed E-state index contributed by atoms with van der Waals surface area (Å²) in [7, 11) is 0. The molecule has 2 aromatic rings. The number of rotatable bonds is 5. The molecule has 23 heavy (non-hydrogen) atoms. The third kappa shape index (κ3) is 4.68. The van der Waals surface area contributed by atoms with Crippen LogP contribution in [0.2, 0.25) is 0 Å². The molecule has 0 aliphatic rings. The number of hydrogen-bond acceptors (Lipinski definition) is 2. The van der Waals surface area contributed by atoms with Gasteiger partial charge < -0.3 is 10.6 Å². The van der Waals surface area contributed by atoms with Gasteiger partial charge in [0, 0.05) is 11.3 Å². The smallest absolute Gasteiger partial charge is 0.251 e. The van der Waals surface area contributed by atoms with Crippen molar-refractivity contribution in [3.05, 3.63) is 64.7 Å². The number of anilines is 1. The van der Waals surface area contributed by atoms with Gasteiger partial charge in [-0.3, -0.25) is 9.59 Å². The van der Waals surface area contributed by atoms with Crippen molar-refractivity contribution in [1.29, 1.82) is 0 Å². The first-order valence-corrected chi connectivity index (χ1v) is 7.74. The van der Waals surface area contributed by atoms with Crippen molar-refractivity contribution in [2.45, 2.75) is 27.2 Å². The maximum Gasteiger partial charge on any atom is 0.251 e. The highest BCUT2D eigenvalue weighted by molar-refractivity contribution is 5.99. The molecule has 0 aliphatic heterocycles. The standard InChI is InChI=1S/C19H22N2O2/c1-4-15-6-5-7-17(11-15)21-18(22)12-20-19(23)16-9-8-13(2)14(3)10-16/h5-11H,4,12H2,1-3H3,(H,20,23)(H,21,22). The molecule has 0 saturated heterocycles. The quantitative estimate of drug-likeness (QED) is 0.891. The van der Waals surface area contributed by atoms with Crippen LogP contribution in [-0.2, 0) is 11.2 Å². The van der Waals surface area contributed by atoms with Gasteiger partial charge in [-0.25, -0.2) is 0 Å². The van der Waals surface area contributed by atoms with Gasteiger partial charge in [0.25, 0.3) is 5.91 Å². The first kappa shape index (κ1) is 16.7. The summed E-state index contributed by atoms with van der Waals surface area (Å²) in [6.07, 6.45) is 0.910. The van der Waals surface area contributed by atoms with Crippen molar-refractivity contribution in [3.8, 4) is 0 Å². The average Bonchev–Trinajstić information content (AvgIpc) is 2.55. The molecule has 0 fully saturated rings. The number of nitrogens with one attached hydrogen (secondary N) is 2. The molecule has 0 spiro atoms. The second kappa shape index (κ2) is 7.58. The predicted octanol–water partition coefficient (Wildman–Crippen LogP) is 3.23. The molecule has 4 nitrogen and oxygen atoms in total. The summed E-state index contributed by atoms with van der Waals surface area (Å²) in [6, 6.07) is 13.2. The Labute approximate surface area is 136 Å². The molecule has 2 aromatic carbocycles. The second-order valence-corrected chi connectivity index (χ2v) is 5.58. The van der Waals surface area contributed by atoms with Gasteiger partial charge in [0.05, 0.1) is 6.54 Å². The third-order valence-corrected chi connectivity index (χ3v) is 3.80. The van der Waals surface area contributed by atoms with Crippen molar-refractivity contribution >= 4 is 17.5 Å². The number of hydrogen-bond donors (Lipinski definition) is 2. The molecule has 120 valence electrons. The zero-order valence-corrected chi connectivity index (χ0v) is 13.8. The van der Waals surface area contributed by atoms with Gasteiger partial charge in [-0.05, 0) is 61.2 Å². The topological polar surface area (TPSA) is 58.2 Å². The van der Waals surface area contributed by atoms with E-state index in [1.165, 1.54) is 0 Å². The van der Waals surface area contributed by atoms with E-state index in [9.17, 15) is 9.59 Å². The molecule has 0 radical (unpaired) electrons. The third-order valence-electron chi connectivity index (χ3n) is 3.80. The lowest BCUT2D eigenvalue weighted by Gasteiger charge is -2.09. The van der Waals surface area contributed by atoms with Crippen molar-refractivity contribution in [2.24, 2.45) is 0 Å². The Bertz CT molecular complexity index is 723. The van der Waals surface area contributed by atoms with Gasteiger partial charge in [-0.15, -0.1) is 0 Å². The summed E-state index contributed by atoms with van der Waals surface area (Å²) in [6.45, 7) is 5.96. The first-order chi connectivity index (χ1) is 11.0. The van der Waals surface area contributed by atoms with Crippen LogP contribution in [0.5, 0.6) is 0 Å². The van der Waals surface area contributed by atoms with Gasteiger partial charge in [0.15, 0.2) is 0 Å². The van der Waals surface area contributed by atoms with Crippen molar-refractivity contribution in [1.82, 2.24) is 5.32 Å². The fourth-order valence-corrected chi connectivity index (χ4v) is 2.22. The van der Waals surface area contributed by atoms with Crippen LogP contribution >= 0.6 is 0 Å². The fraction of sp³-hybridized carbons (Fsp3) is 0.263. The Morgan fingerprint density at radius 1 is 1.00 bits per heavy atom. The highest BCUT2D eigenvalue weighted by Gasteiger charge is 2.09. The SMILES string of the molecule is CCc1cccc(NC(=O)CNC(=O)c2ccc(C)c(C)c2)c1. The second-order valence-electron chi connectivity index (χ2n) is 5.58. The molecule has 4 heteroatoms. The van der Waals surface area contributed by atoms with E-state index >= 15 is 0 Å². The molecule has 0 saturated carbocycles. The lowest BCUT2D eigenvalue weighted by atomic mass is 10.1. The minimum Gasteiger partial charge on any atom is -0.343 e. The number of amides is 2. The predicted molar refractivity (Wildman–Crippen MR) is 92.7 cm³/mol. The van der Waals surface area contributed by atoms with E-state index in [1.54, 1.807) is 6.07 Å². The van der Waals surface area contributed by atoms with Crippen molar-refractivity contribution in [2.75, 3.05) is 11.9 Å². The van der Waals surface area contributed by atoms with Gasteiger partial charge in [-0.2, -0.15) is 0 Å². The number of carbonyl (C=O) groups excluding carboxylic acids is 2. The Kier molecular flexibility index (Phi) is 5.52. The lowest BCUT2D eigenvalue weighted by Crippen LogP contribution is -2.32. The van der Waals surface area contributed by atoms with Gasteiger partial charge in [0.1, 0.15) is 0 Å². The number of carbonyl (C=O) groups is 2. The van der Waals surface area contributed by atoms with E-state index in [4.69, 9.17) is 0 Å². The number of aryl methyl sites for hydroxylation is 3. The Morgan fingerprint density at radius 3 is 2.48 bits per heavy atom. The van der Waals surface area contributed by atoms with Gasteiger partial charge in [0.2, 0.25) is 5.91 Å². The van der Waals surface area contributed by atoms with Crippen LogP contribution in [0.3, 0.4) is 0 Å². The summed E-state index contributed by atoms with van der Waals surface area (Å²) in [5.41, 5.74) is 4.65. The van der Waals surface area contributed by atoms with Crippen LogP contribution in [0, 0.1) is 13.8 Å². The molecule has 0 unspecified atom stereocenters. The molecule has 0 heterocycles. The van der Waals surface area contributed by atoms with E-state index in [2.05, 4.69) is 17.6 Å². The summed E-state index contributed by atoms with van der Waals surface area (Å²) in [4.78, 5) is 24.0. The van der Waals surface area contributed by atoms with Crippen LogP contribution < -0.4 is 10.6 Å². The Morgan fingerprint density at radius 2 is 1.78 bits per heavy atom. The molecule has 0 bridgehead atoms. The average molecular weight is 310 g/mol. The zero-order valence-electron chi connectivity index (χ0n) is 13.8. The summed E-state index contributed by atoms with van der Waals surface area (Å²) in [5.74, 6) is -0.485. The summed E-state index contributed by atoms with van der Waals surface area (Å²) in [5, 5.41) is 5.43. The van der Waals surface area contributed by atoms with Crippen LogP contribution in [-0.4, -0.2) is 18.4 Å². The number of benzene rings is 2. The molecule has 0 aliphatic carbocycles. The summed E-state index contributed by atoms with van der Waals surface area (Å²) >= 11 is 0. The molecule has 2 N–H and O–H groups in total. The molecule has 2 amide bonds. The molecule has 0 aromatic heterocycles. The van der Waals surface area contributed by atoms with Crippen molar-refractivity contribution in [3.63, 3.8) is 0 Å². The van der Waals surface area contributed by atoms with E-state index in [-0.39, 0.29) is 18.4 Å². The van der Waals surface area contributed by atoms with Crippen molar-refractivity contribution < 1.29 is 9.59 Å². The fourth-order valence-electron chi connectivity index (χ4n) is 2.22. The largest absolute Gasteiger partial charge is 0.343 e. The van der Waals surface area contributed by atoms with E-state index < -0.39 is 0 Å².